The van der Waals surface area contributed by atoms with E-state index in [-0.39, 0.29) is 12.5 Å². The Morgan fingerprint density at radius 3 is 2.94 bits per heavy atom. The summed E-state index contributed by atoms with van der Waals surface area (Å²) in [6.45, 7) is 1.35. The molecule has 2 N–H and O–H groups in total. The fourth-order valence-electron chi connectivity index (χ4n) is 1.96. The van der Waals surface area contributed by atoms with Crippen LogP contribution in [0.15, 0.2) is 18.2 Å². The van der Waals surface area contributed by atoms with Crippen LogP contribution in [0.4, 0.5) is 8.78 Å². The van der Waals surface area contributed by atoms with E-state index in [4.69, 9.17) is 10.5 Å². The summed E-state index contributed by atoms with van der Waals surface area (Å²) in [5, 5.41) is 0. The monoisotopic (exact) mass is 227 g/mol. The zero-order valence-corrected chi connectivity index (χ0v) is 9.17. The Morgan fingerprint density at radius 1 is 1.50 bits per heavy atom. The highest BCUT2D eigenvalue weighted by Crippen LogP contribution is 2.30. The number of rotatable bonds is 3. The molecule has 0 saturated carbocycles. The lowest BCUT2D eigenvalue weighted by Crippen LogP contribution is -2.30. The molecule has 0 bridgehead atoms. The molecule has 1 heterocycles. The maximum absolute atomic E-state index is 13.1. The Hall–Kier alpha value is -1.16. The van der Waals surface area contributed by atoms with Crippen molar-refractivity contribution in [3.8, 4) is 5.75 Å². The highest BCUT2D eigenvalue weighted by Gasteiger charge is 2.28. The van der Waals surface area contributed by atoms with Gasteiger partial charge in [0.05, 0.1) is 6.54 Å². The second-order valence-electron chi connectivity index (χ2n) is 4.31. The molecule has 2 nitrogen and oxygen atoms in total. The van der Waals surface area contributed by atoms with Crippen molar-refractivity contribution in [2.75, 3.05) is 6.54 Å². The molecular formula is C12H15F2NO. The van der Waals surface area contributed by atoms with Crippen LogP contribution in [0, 0.1) is 0 Å². The first kappa shape index (κ1) is 11.3. The topological polar surface area (TPSA) is 35.2 Å². The van der Waals surface area contributed by atoms with Gasteiger partial charge in [-0.25, -0.2) is 8.78 Å². The van der Waals surface area contributed by atoms with Crippen LogP contribution in [-0.2, 0) is 12.8 Å². The van der Waals surface area contributed by atoms with Gasteiger partial charge in [0.15, 0.2) is 0 Å². The van der Waals surface area contributed by atoms with Crippen LogP contribution in [0.2, 0.25) is 0 Å². The highest BCUT2D eigenvalue weighted by atomic mass is 19.3. The maximum Gasteiger partial charge on any atom is 0.264 e. The van der Waals surface area contributed by atoms with Crippen molar-refractivity contribution in [2.45, 2.75) is 31.8 Å². The van der Waals surface area contributed by atoms with Gasteiger partial charge in [-0.1, -0.05) is 12.1 Å². The molecule has 1 aromatic carbocycles. The number of hydrogen-bond acceptors (Lipinski definition) is 2. The summed E-state index contributed by atoms with van der Waals surface area (Å²) in [5.41, 5.74) is 6.64. The average molecular weight is 227 g/mol. The molecule has 0 fully saturated rings. The molecule has 2 rings (SSSR count). The number of fused-ring (bicyclic) bond motifs is 1. The SMILES string of the molecule is CC1Cc2cc(CC(F)(F)CN)ccc2O1. The van der Waals surface area contributed by atoms with Crippen LogP contribution < -0.4 is 10.5 Å². The van der Waals surface area contributed by atoms with Crippen LogP contribution in [0.3, 0.4) is 0 Å². The van der Waals surface area contributed by atoms with Crippen molar-refractivity contribution in [2.24, 2.45) is 5.73 Å². The van der Waals surface area contributed by atoms with E-state index < -0.39 is 12.5 Å². The number of benzene rings is 1. The van der Waals surface area contributed by atoms with Crippen LogP contribution in [-0.4, -0.2) is 18.6 Å². The van der Waals surface area contributed by atoms with Crippen molar-refractivity contribution in [3.63, 3.8) is 0 Å². The van der Waals surface area contributed by atoms with Gasteiger partial charge in [0.25, 0.3) is 5.92 Å². The van der Waals surface area contributed by atoms with Crippen LogP contribution >= 0.6 is 0 Å². The van der Waals surface area contributed by atoms with Gasteiger partial charge in [0, 0.05) is 12.8 Å². The molecule has 1 atom stereocenters. The van der Waals surface area contributed by atoms with E-state index in [0.29, 0.717) is 5.56 Å². The standard InChI is InChI=1S/C12H15F2NO/c1-8-4-10-5-9(2-3-11(10)16-8)6-12(13,14)7-15/h2-3,5,8H,4,6-7,15H2,1H3. The minimum atomic E-state index is -2.82. The molecule has 0 radical (unpaired) electrons. The number of hydrogen-bond donors (Lipinski definition) is 1. The summed E-state index contributed by atoms with van der Waals surface area (Å²) < 4.78 is 31.7. The zero-order valence-electron chi connectivity index (χ0n) is 9.17. The average Bonchev–Trinajstić information content (AvgIpc) is 2.57. The first-order valence-corrected chi connectivity index (χ1v) is 5.36. The fourth-order valence-corrected chi connectivity index (χ4v) is 1.96. The van der Waals surface area contributed by atoms with Gasteiger partial charge in [-0.05, 0) is 24.1 Å². The molecule has 1 unspecified atom stereocenters. The summed E-state index contributed by atoms with van der Waals surface area (Å²) >= 11 is 0. The highest BCUT2D eigenvalue weighted by molar-refractivity contribution is 5.40. The summed E-state index contributed by atoms with van der Waals surface area (Å²) in [6.07, 6.45) is 0.628. The van der Waals surface area contributed by atoms with E-state index >= 15 is 0 Å². The Balaban J connectivity index is 2.17. The summed E-state index contributed by atoms with van der Waals surface area (Å²) in [6, 6.07) is 5.24. The predicted octanol–water partition coefficient (Wildman–Crippen LogP) is 2.15. The summed E-state index contributed by atoms with van der Waals surface area (Å²) in [5.74, 6) is -2.01. The van der Waals surface area contributed by atoms with Crippen LogP contribution in [0.25, 0.3) is 0 Å². The lowest BCUT2D eigenvalue weighted by molar-refractivity contribution is 0.0115. The molecule has 0 saturated heterocycles. The molecule has 0 amide bonds. The molecule has 0 aliphatic carbocycles. The normalized spacial score (nSPS) is 19.4. The van der Waals surface area contributed by atoms with Crippen molar-refractivity contribution in [1.82, 2.24) is 0 Å². The first-order valence-electron chi connectivity index (χ1n) is 5.36. The first-order chi connectivity index (χ1) is 7.50. The van der Waals surface area contributed by atoms with E-state index in [0.717, 1.165) is 17.7 Å². The third-order valence-corrected chi connectivity index (χ3v) is 2.72. The molecule has 1 aromatic rings. The van der Waals surface area contributed by atoms with Crippen molar-refractivity contribution in [1.29, 1.82) is 0 Å². The van der Waals surface area contributed by atoms with Gasteiger partial charge in [-0.3, -0.25) is 0 Å². The van der Waals surface area contributed by atoms with Gasteiger partial charge in [0.2, 0.25) is 0 Å². The number of nitrogens with two attached hydrogens (primary N) is 1. The summed E-state index contributed by atoms with van der Waals surface area (Å²) in [7, 11) is 0. The van der Waals surface area contributed by atoms with Gasteiger partial charge >= 0.3 is 0 Å². The second-order valence-corrected chi connectivity index (χ2v) is 4.31. The van der Waals surface area contributed by atoms with Crippen molar-refractivity contribution < 1.29 is 13.5 Å². The second kappa shape index (κ2) is 4.01. The molecule has 4 heteroatoms. The van der Waals surface area contributed by atoms with Crippen molar-refractivity contribution in [3.05, 3.63) is 29.3 Å². The number of halogens is 2. The predicted molar refractivity (Wildman–Crippen MR) is 57.9 cm³/mol. The van der Waals surface area contributed by atoms with E-state index in [1.165, 1.54) is 0 Å². The van der Waals surface area contributed by atoms with Gasteiger partial charge in [-0.15, -0.1) is 0 Å². The Labute approximate surface area is 93.4 Å². The van der Waals surface area contributed by atoms with E-state index in [1.807, 2.05) is 6.92 Å². The molecule has 1 aliphatic rings. The molecule has 16 heavy (non-hydrogen) atoms. The van der Waals surface area contributed by atoms with Crippen LogP contribution in [0.1, 0.15) is 18.1 Å². The minimum Gasteiger partial charge on any atom is -0.490 e. The largest absolute Gasteiger partial charge is 0.490 e. The lowest BCUT2D eigenvalue weighted by atomic mass is 10.0. The Kier molecular flexibility index (Phi) is 2.84. The third-order valence-electron chi connectivity index (χ3n) is 2.72. The molecule has 1 aliphatic heterocycles. The number of alkyl halides is 2. The van der Waals surface area contributed by atoms with Gasteiger partial charge < -0.3 is 10.5 Å². The lowest BCUT2D eigenvalue weighted by Gasteiger charge is -2.14. The minimum absolute atomic E-state index is 0.139. The molecule has 0 spiro atoms. The van der Waals surface area contributed by atoms with Gasteiger partial charge in [0.1, 0.15) is 11.9 Å². The Bertz CT molecular complexity index is 393. The molecule has 88 valence electrons. The fraction of sp³-hybridized carbons (Fsp3) is 0.500. The molecular weight excluding hydrogens is 212 g/mol. The van der Waals surface area contributed by atoms with E-state index in [2.05, 4.69) is 0 Å². The number of ether oxygens (including phenoxy) is 1. The van der Waals surface area contributed by atoms with E-state index in [9.17, 15) is 8.78 Å². The third kappa shape index (κ3) is 2.32. The smallest absolute Gasteiger partial charge is 0.264 e. The molecule has 0 aromatic heterocycles. The zero-order chi connectivity index (χ0) is 11.8. The van der Waals surface area contributed by atoms with Crippen molar-refractivity contribution >= 4 is 0 Å². The van der Waals surface area contributed by atoms with E-state index in [1.54, 1.807) is 18.2 Å². The summed E-state index contributed by atoms with van der Waals surface area (Å²) in [4.78, 5) is 0. The van der Waals surface area contributed by atoms with Crippen LogP contribution in [0.5, 0.6) is 5.75 Å². The van der Waals surface area contributed by atoms with Gasteiger partial charge in [-0.2, -0.15) is 0 Å². The maximum atomic E-state index is 13.1. The Morgan fingerprint density at radius 2 is 2.25 bits per heavy atom. The quantitative estimate of drug-likeness (QED) is 0.858.